The summed E-state index contributed by atoms with van der Waals surface area (Å²) in [6.07, 6.45) is 0. The fourth-order valence-corrected chi connectivity index (χ4v) is 3.69. The van der Waals surface area contributed by atoms with E-state index >= 15 is 0 Å². The Balaban J connectivity index is 2.47. The van der Waals surface area contributed by atoms with Gasteiger partial charge in [-0.1, -0.05) is 24.3 Å². The fourth-order valence-electron chi connectivity index (χ4n) is 1.69. The molecule has 2 rings (SSSR count). The normalized spacial score (nSPS) is 10.6. The first-order chi connectivity index (χ1) is 8.00. The SMILES string of the molecule is Cc1sc(C)c(C(=O)c2ccc(P)cc2)c1Br. The van der Waals surface area contributed by atoms with E-state index in [0.717, 1.165) is 30.7 Å². The van der Waals surface area contributed by atoms with Gasteiger partial charge in [0.25, 0.3) is 0 Å². The van der Waals surface area contributed by atoms with Gasteiger partial charge in [-0.3, -0.25) is 4.79 Å². The first kappa shape index (κ1) is 12.9. The van der Waals surface area contributed by atoms with Gasteiger partial charge >= 0.3 is 0 Å². The Kier molecular flexibility index (Phi) is 3.82. The number of hydrogen-bond donors (Lipinski definition) is 0. The van der Waals surface area contributed by atoms with E-state index in [1.807, 2.05) is 38.1 Å². The molecule has 0 amide bonds. The topological polar surface area (TPSA) is 17.1 Å². The summed E-state index contributed by atoms with van der Waals surface area (Å²) in [5.41, 5.74) is 1.53. The van der Waals surface area contributed by atoms with E-state index in [4.69, 9.17) is 0 Å². The molecule has 4 heteroatoms. The number of benzene rings is 1. The van der Waals surface area contributed by atoms with Crippen molar-refractivity contribution in [3.05, 3.63) is 49.6 Å². The number of halogens is 1. The summed E-state index contributed by atoms with van der Waals surface area (Å²) in [7, 11) is 2.62. The number of rotatable bonds is 2. The fraction of sp³-hybridized carbons (Fsp3) is 0.154. The third-order valence-corrected chi connectivity index (χ3v) is 5.25. The number of aryl methyl sites for hydroxylation is 2. The lowest BCUT2D eigenvalue weighted by Gasteiger charge is -2.02. The van der Waals surface area contributed by atoms with Gasteiger partial charge in [-0.05, 0) is 35.1 Å². The van der Waals surface area contributed by atoms with Crippen molar-refractivity contribution in [3.8, 4) is 0 Å². The summed E-state index contributed by atoms with van der Waals surface area (Å²) in [6.45, 7) is 4.00. The minimum absolute atomic E-state index is 0.0868. The van der Waals surface area contributed by atoms with Crippen LogP contribution < -0.4 is 5.30 Å². The van der Waals surface area contributed by atoms with Crippen molar-refractivity contribution >= 4 is 47.6 Å². The predicted octanol–water partition coefficient (Wildman–Crippen LogP) is 3.86. The highest BCUT2D eigenvalue weighted by atomic mass is 79.9. The lowest BCUT2D eigenvalue weighted by Crippen LogP contribution is -2.03. The molecule has 0 fully saturated rings. The highest BCUT2D eigenvalue weighted by Gasteiger charge is 2.19. The third-order valence-electron chi connectivity index (χ3n) is 2.59. The molecular formula is C13H12BrOPS. The largest absolute Gasteiger partial charge is 0.289 e. The van der Waals surface area contributed by atoms with E-state index in [0.29, 0.717) is 0 Å². The predicted molar refractivity (Wildman–Crippen MR) is 80.7 cm³/mol. The molecule has 1 nitrogen and oxygen atoms in total. The molecule has 0 bridgehead atoms. The second kappa shape index (κ2) is 5.01. The van der Waals surface area contributed by atoms with Crippen LogP contribution >= 0.6 is 36.5 Å². The van der Waals surface area contributed by atoms with Gasteiger partial charge in [0, 0.05) is 19.8 Å². The molecule has 88 valence electrons. The lowest BCUT2D eigenvalue weighted by molar-refractivity contribution is 0.103. The number of carbonyl (C=O) groups is 1. The Morgan fingerprint density at radius 2 is 1.76 bits per heavy atom. The van der Waals surface area contributed by atoms with Crippen molar-refractivity contribution in [3.63, 3.8) is 0 Å². The van der Waals surface area contributed by atoms with Crippen molar-refractivity contribution in [1.29, 1.82) is 0 Å². The van der Waals surface area contributed by atoms with Crippen LogP contribution in [0.25, 0.3) is 0 Å². The van der Waals surface area contributed by atoms with Crippen LogP contribution in [-0.4, -0.2) is 5.78 Å². The van der Waals surface area contributed by atoms with Gasteiger partial charge in [-0.2, -0.15) is 0 Å². The van der Waals surface area contributed by atoms with Gasteiger partial charge in [-0.15, -0.1) is 20.6 Å². The number of thiophene rings is 1. The van der Waals surface area contributed by atoms with Crippen molar-refractivity contribution in [2.75, 3.05) is 0 Å². The molecule has 0 aliphatic rings. The molecular weight excluding hydrogens is 315 g/mol. The maximum atomic E-state index is 12.4. The quantitative estimate of drug-likeness (QED) is 0.605. The van der Waals surface area contributed by atoms with Crippen LogP contribution in [0, 0.1) is 13.8 Å². The summed E-state index contributed by atoms with van der Waals surface area (Å²) in [6, 6.07) is 7.59. The van der Waals surface area contributed by atoms with Gasteiger partial charge in [0.15, 0.2) is 5.78 Å². The van der Waals surface area contributed by atoms with Crippen LogP contribution in [0.5, 0.6) is 0 Å². The van der Waals surface area contributed by atoms with Crippen LogP contribution in [0.4, 0.5) is 0 Å². The van der Waals surface area contributed by atoms with Gasteiger partial charge in [-0.25, -0.2) is 0 Å². The number of hydrogen-bond acceptors (Lipinski definition) is 2. The Morgan fingerprint density at radius 1 is 1.18 bits per heavy atom. The molecule has 0 aliphatic heterocycles. The van der Waals surface area contributed by atoms with Crippen LogP contribution in [-0.2, 0) is 0 Å². The van der Waals surface area contributed by atoms with Crippen molar-refractivity contribution in [2.24, 2.45) is 0 Å². The summed E-state index contributed by atoms with van der Waals surface area (Å²) >= 11 is 5.15. The van der Waals surface area contributed by atoms with E-state index < -0.39 is 0 Å². The zero-order valence-electron chi connectivity index (χ0n) is 9.58. The van der Waals surface area contributed by atoms with Crippen molar-refractivity contribution in [2.45, 2.75) is 13.8 Å². The molecule has 1 aromatic carbocycles. The Bertz CT molecular complexity index is 572. The molecule has 1 atom stereocenters. The van der Waals surface area contributed by atoms with Crippen molar-refractivity contribution < 1.29 is 4.79 Å². The zero-order chi connectivity index (χ0) is 12.6. The molecule has 0 N–H and O–H groups in total. The maximum absolute atomic E-state index is 12.4. The summed E-state index contributed by atoms with van der Waals surface area (Å²) in [5.74, 6) is 0.0868. The minimum Gasteiger partial charge on any atom is -0.289 e. The van der Waals surface area contributed by atoms with Crippen LogP contribution in [0.1, 0.15) is 25.7 Å². The first-order valence-electron chi connectivity index (χ1n) is 5.16. The second-order valence-electron chi connectivity index (χ2n) is 3.85. The van der Waals surface area contributed by atoms with Crippen LogP contribution in [0.15, 0.2) is 28.7 Å². The van der Waals surface area contributed by atoms with Gasteiger partial charge in [0.2, 0.25) is 0 Å². The summed E-state index contributed by atoms with van der Waals surface area (Å²) in [4.78, 5) is 14.6. The average Bonchev–Trinajstić information content (AvgIpc) is 2.53. The third kappa shape index (κ3) is 2.52. The summed E-state index contributed by atoms with van der Waals surface area (Å²) < 4.78 is 0.931. The maximum Gasteiger partial charge on any atom is 0.195 e. The monoisotopic (exact) mass is 326 g/mol. The molecule has 0 saturated carbocycles. The number of ketones is 1. The van der Waals surface area contributed by atoms with E-state index in [1.54, 1.807) is 11.3 Å². The smallest absolute Gasteiger partial charge is 0.195 e. The van der Waals surface area contributed by atoms with Gasteiger partial charge < -0.3 is 0 Å². The molecule has 0 radical (unpaired) electrons. The molecule has 1 aromatic heterocycles. The minimum atomic E-state index is 0.0868. The summed E-state index contributed by atoms with van der Waals surface area (Å²) in [5, 5.41) is 1.08. The second-order valence-corrected chi connectivity index (χ2v) is 6.74. The molecule has 17 heavy (non-hydrogen) atoms. The van der Waals surface area contributed by atoms with Gasteiger partial charge in [0.1, 0.15) is 0 Å². The standard InChI is InChI=1S/C13H12BrOPS/c1-7-11(12(14)8(2)17-7)13(15)9-3-5-10(16)6-4-9/h3-6H,16H2,1-2H3. The van der Waals surface area contributed by atoms with Crippen molar-refractivity contribution in [1.82, 2.24) is 0 Å². The molecule has 1 heterocycles. The highest BCUT2D eigenvalue weighted by molar-refractivity contribution is 9.10. The zero-order valence-corrected chi connectivity index (χ0v) is 13.1. The van der Waals surface area contributed by atoms with E-state index in [2.05, 4.69) is 25.2 Å². The molecule has 0 saturated heterocycles. The Labute approximate surface area is 116 Å². The Morgan fingerprint density at radius 3 is 2.24 bits per heavy atom. The van der Waals surface area contributed by atoms with Crippen LogP contribution in [0.3, 0.4) is 0 Å². The number of carbonyl (C=O) groups excluding carboxylic acids is 1. The van der Waals surface area contributed by atoms with E-state index in [9.17, 15) is 4.79 Å². The Hall–Kier alpha value is -0.500. The first-order valence-corrected chi connectivity index (χ1v) is 7.35. The average molecular weight is 327 g/mol. The molecule has 1 unspecified atom stereocenters. The molecule has 0 aliphatic carbocycles. The molecule has 2 aromatic rings. The van der Waals surface area contributed by atoms with E-state index in [1.165, 1.54) is 0 Å². The van der Waals surface area contributed by atoms with Crippen LogP contribution in [0.2, 0.25) is 0 Å². The lowest BCUT2D eigenvalue weighted by atomic mass is 10.0. The van der Waals surface area contributed by atoms with E-state index in [-0.39, 0.29) is 5.78 Å². The van der Waals surface area contributed by atoms with Gasteiger partial charge in [0.05, 0.1) is 5.56 Å². The molecule has 0 spiro atoms. The highest BCUT2D eigenvalue weighted by Crippen LogP contribution is 2.33.